The fourth-order valence-electron chi connectivity index (χ4n) is 2.22. The smallest absolute Gasteiger partial charge is 0.256 e. The number of carbonyl (C=O) groups is 1. The Morgan fingerprint density at radius 3 is 2.78 bits per heavy atom. The molecule has 0 aliphatic carbocycles. The molecular formula is C15H15Cl2F2NO3. The van der Waals surface area contributed by atoms with Gasteiger partial charge in [0.15, 0.2) is 6.79 Å². The van der Waals surface area contributed by atoms with E-state index < -0.39 is 24.3 Å². The van der Waals surface area contributed by atoms with E-state index in [0.717, 1.165) is 4.90 Å². The maximum absolute atomic E-state index is 12.8. The highest BCUT2D eigenvalue weighted by Crippen LogP contribution is 2.34. The van der Waals surface area contributed by atoms with E-state index in [1.165, 1.54) is 13.2 Å². The van der Waals surface area contributed by atoms with Crippen molar-refractivity contribution >= 4 is 34.8 Å². The molecule has 23 heavy (non-hydrogen) atoms. The van der Waals surface area contributed by atoms with Gasteiger partial charge in [-0.2, -0.15) is 0 Å². The summed E-state index contributed by atoms with van der Waals surface area (Å²) in [4.78, 5) is 13.1. The second-order valence-electron chi connectivity index (χ2n) is 4.83. The molecule has 0 bridgehead atoms. The Morgan fingerprint density at radius 1 is 1.43 bits per heavy atom. The Labute approximate surface area is 142 Å². The first-order chi connectivity index (χ1) is 10.9. The SMILES string of the molecule is COCOc1ccc(C2=CCC(Cl)C(=O)N2CC(F)F)c(Cl)c1. The molecular weight excluding hydrogens is 351 g/mol. The molecule has 0 saturated carbocycles. The predicted molar refractivity (Wildman–Crippen MR) is 83.9 cm³/mol. The van der Waals surface area contributed by atoms with Crippen LogP contribution in [0.2, 0.25) is 5.02 Å². The maximum atomic E-state index is 12.8. The summed E-state index contributed by atoms with van der Waals surface area (Å²) in [6.45, 7) is -0.672. The Kier molecular flexibility index (Phi) is 6.21. The van der Waals surface area contributed by atoms with Gasteiger partial charge in [0.2, 0.25) is 5.91 Å². The monoisotopic (exact) mass is 365 g/mol. The van der Waals surface area contributed by atoms with Gasteiger partial charge in [0, 0.05) is 18.4 Å². The Bertz CT molecular complexity index is 610. The number of benzene rings is 1. The number of allylic oxidation sites excluding steroid dienone is 1. The third kappa shape index (κ3) is 4.34. The topological polar surface area (TPSA) is 38.8 Å². The molecule has 1 unspecified atom stereocenters. The Balaban J connectivity index is 2.32. The second kappa shape index (κ2) is 7.95. The van der Waals surface area contributed by atoms with Crippen LogP contribution in [0.3, 0.4) is 0 Å². The van der Waals surface area contributed by atoms with Gasteiger partial charge in [-0.1, -0.05) is 17.7 Å². The fraction of sp³-hybridized carbons (Fsp3) is 0.400. The molecule has 2 rings (SSSR count). The summed E-state index contributed by atoms with van der Waals surface area (Å²) in [6, 6.07) is 4.77. The summed E-state index contributed by atoms with van der Waals surface area (Å²) in [5, 5.41) is -0.564. The van der Waals surface area contributed by atoms with Gasteiger partial charge in [-0.05, 0) is 24.6 Å². The van der Waals surface area contributed by atoms with Crippen LogP contribution in [0.1, 0.15) is 12.0 Å². The quantitative estimate of drug-likeness (QED) is 0.568. The number of hydrogen-bond acceptors (Lipinski definition) is 3. The van der Waals surface area contributed by atoms with Gasteiger partial charge in [0.05, 0.1) is 11.6 Å². The molecule has 0 aromatic heterocycles. The van der Waals surface area contributed by atoms with Gasteiger partial charge < -0.3 is 14.4 Å². The zero-order chi connectivity index (χ0) is 17.0. The van der Waals surface area contributed by atoms with E-state index in [4.69, 9.17) is 32.7 Å². The van der Waals surface area contributed by atoms with Crippen LogP contribution in [0, 0.1) is 0 Å². The van der Waals surface area contributed by atoms with E-state index in [-0.39, 0.29) is 18.2 Å². The summed E-state index contributed by atoms with van der Waals surface area (Å²) >= 11 is 12.1. The number of halogens is 4. The van der Waals surface area contributed by atoms with E-state index in [9.17, 15) is 13.6 Å². The number of rotatable bonds is 6. The molecule has 0 spiro atoms. The molecule has 4 nitrogen and oxygen atoms in total. The van der Waals surface area contributed by atoms with Crippen molar-refractivity contribution < 1.29 is 23.0 Å². The van der Waals surface area contributed by atoms with Crippen LogP contribution in [-0.2, 0) is 9.53 Å². The summed E-state index contributed by atoms with van der Waals surface area (Å²) in [5.41, 5.74) is 0.796. The summed E-state index contributed by atoms with van der Waals surface area (Å²) in [5.74, 6) is -0.0841. The van der Waals surface area contributed by atoms with Crippen LogP contribution < -0.4 is 4.74 Å². The zero-order valence-corrected chi connectivity index (χ0v) is 13.8. The van der Waals surface area contributed by atoms with Gasteiger partial charge in [-0.3, -0.25) is 4.79 Å². The van der Waals surface area contributed by atoms with Gasteiger partial charge in [-0.15, -0.1) is 11.6 Å². The number of ether oxygens (including phenoxy) is 2. The van der Waals surface area contributed by atoms with E-state index >= 15 is 0 Å². The largest absolute Gasteiger partial charge is 0.468 e. The number of hydrogen-bond donors (Lipinski definition) is 0. The highest BCUT2D eigenvalue weighted by molar-refractivity contribution is 6.33. The molecule has 1 heterocycles. The van der Waals surface area contributed by atoms with Crippen molar-refractivity contribution in [2.24, 2.45) is 0 Å². The molecule has 126 valence electrons. The number of alkyl halides is 3. The van der Waals surface area contributed by atoms with Gasteiger partial charge in [0.1, 0.15) is 11.1 Å². The highest BCUT2D eigenvalue weighted by Gasteiger charge is 2.32. The van der Waals surface area contributed by atoms with E-state index in [2.05, 4.69) is 0 Å². The van der Waals surface area contributed by atoms with Crippen molar-refractivity contribution in [3.63, 3.8) is 0 Å². The van der Waals surface area contributed by atoms with Crippen LogP contribution in [-0.4, -0.2) is 43.1 Å². The lowest BCUT2D eigenvalue weighted by molar-refractivity contribution is -0.129. The number of amides is 1. The molecule has 1 aliphatic heterocycles. The van der Waals surface area contributed by atoms with Crippen LogP contribution in [0.15, 0.2) is 24.3 Å². The molecule has 0 radical (unpaired) electrons. The number of carbonyl (C=O) groups excluding carboxylic acids is 1. The standard InChI is InChI=1S/C15H15Cl2F2NO3/c1-22-8-23-9-2-3-10(12(17)6-9)13-5-4-11(16)15(21)20(13)7-14(18)19/h2-3,5-6,11,14H,4,7-8H2,1H3. The number of methoxy groups -OCH3 is 1. The lowest BCUT2D eigenvalue weighted by Crippen LogP contribution is -2.41. The van der Waals surface area contributed by atoms with Gasteiger partial charge in [0.25, 0.3) is 6.43 Å². The first-order valence-electron chi connectivity index (χ1n) is 6.79. The summed E-state index contributed by atoms with van der Waals surface area (Å²) < 4.78 is 35.6. The molecule has 1 aliphatic rings. The Morgan fingerprint density at radius 2 is 2.17 bits per heavy atom. The van der Waals surface area contributed by atoms with Gasteiger partial charge in [-0.25, -0.2) is 8.78 Å². The lowest BCUT2D eigenvalue weighted by Gasteiger charge is -2.31. The van der Waals surface area contributed by atoms with Crippen molar-refractivity contribution in [1.82, 2.24) is 4.90 Å². The summed E-state index contributed by atoms with van der Waals surface area (Å²) in [7, 11) is 1.49. The second-order valence-corrected chi connectivity index (χ2v) is 5.76. The molecule has 0 fully saturated rings. The highest BCUT2D eigenvalue weighted by atomic mass is 35.5. The third-order valence-electron chi connectivity index (χ3n) is 3.22. The molecule has 1 aromatic carbocycles. The van der Waals surface area contributed by atoms with Crippen molar-refractivity contribution in [3.8, 4) is 5.75 Å². The van der Waals surface area contributed by atoms with Gasteiger partial charge >= 0.3 is 0 Å². The van der Waals surface area contributed by atoms with Crippen LogP contribution in [0.4, 0.5) is 8.78 Å². The number of nitrogens with zero attached hydrogens (tertiary/aromatic N) is 1. The molecule has 1 amide bonds. The minimum atomic E-state index is -2.67. The lowest BCUT2D eigenvalue weighted by atomic mass is 10.0. The average Bonchev–Trinajstić information content (AvgIpc) is 2.50. The first kappa shape index (κ1) is 18.0. The van der Waals surface area contributed by atoms with Crippen LogP contribution in [0.25, 0.3) is 5.70 Å². The van der Waals surface area contributed by atoms with Crippen molar-refractivity contribution in [3.05, 3.63) is 34.9 Å². The van der Waals surface area contributed by atoms with Crippen molar-refractivity contribution in [1.29, 1.82) is 0 Å². The fourth-order valence-corrected chi connectivity index (χ4v) is 2.69. The van der Waals surface area contributed by atoms with E-state index in [1.807, 2.05) is 0 Å². The maximum Gasteiger partial charge on any atom is 0.256 e. The predicted octanol–water partition coefficient (Wildman–Crippen LogP) is 3.77. The van der Waals surface area contributed by atoms with Crippen molar-refractivity contribution in [2.45, 2.75) is 18.2 Å². The molecule has 8 heteroatoms. The summed E-state index contributed by atoms with van der Waals surface area (Å²) in [6.07, 6.45) is -0.779. The van der Waals surface area contributed by atoms with E-state index in [0.29, 0.717) is 17.0 Å². The van der Waals surface area contributed by atoms with Crippen LogP contribution in [0.5, 0.6) is 5.75 Å². The zero-order valence-electron chi connectivity index (χ0n) is 12.3. The molecule has 0 saturated heterocycles. The average molecular weight is 366 g/mol. The van der Waals surface area contributed by atoms with Crippen LogP contribution >= 0.6 is 23.2 Å². The molecule has 1 aromatic rings. The van der Waals surface area contributed by atoms with Crippen molar-refractivity contribution in [2.75, 3.05) is 20.4 Å². The Hall–Kier alpha value is -1.37. The normalized spacial score (nSPS) is 18.3. The minimum absolute atomic E-state index is 0.0578. The van der Waals surface area contributed by atoms with E-state index in [1.54, 1.807) is 18.2 Å². The first-order valence-corrected chi connectivity index (χ1v) is 7.61. The molecule has 0 N–H and O–H groups in total. The minimum Gasteiger partial charge on any atom is -0.468 e. The third-order valence-corrected chi connectivity index (χ3v) is 3.90. The molecule has 1 atom stereocenters.